The summed E-state index contributed by atoms with van der Waals surface area (Å²) in [5.74, 6) is 1.03. The van der Waals surface area contributed by atoms with Gasteiger partial charge in [-0.2, -0.15) is 4.98 Å². The molecule has 13 nitrogen and oxygen atoms in total. The average Bonchev–Trinajstić information content (AvgIpc) is 3.48. The van der Waals surface area contributed by atoms with Gasteiger partial charge in [0.15, 0.2) is 29.3 Å². The molecule has 5 heterocycles. The number of imidazole rings is 1. The van der Waals surface area contributed by atoms with E-state index in [0.717, 1.165) is 12.8 Å². The highest BCUT2D eigenvalue weighted by Gasteiger charge is 2.47. The summed E-state index contributed by atoms with van der Waals surface area (Å²) in [6, 6.07) is 0.236. The number of aliphatic hydroxyl groups is 2. The Hall–Kier alpha value is -2.87. The Labute approximate surface area is 177 Å². The molecule has 13 heteroatoms. The van der Waals surface area contributed by atoms with Crippen molar-refractivity contribution in [3.05, 3.63) is 18.5 Å². The second kappa shape index (κ2) is 8.00. The first-order chi connectivity index (χ1) is 15.0. The van der Waals surface area contributed by atoms with Crippen molar-refractivity contribution in [1.29, 1.82) is 0 Å². The molecule has 0 radical (unpaired) electrons. The molecule has 2 aliphatic rings. The minimum Gasteiger partial charge on any atom is -0.387 e. The van der Waals surface area contributed by atoms with E-state index in [-0.39, 0.29) is 11.9 Å². The summed E-state index contributed by atoms with van der Waals surface area (Å²) >= 11 is 0. The number of aliphatic hydroxyl groups excluding tert-OH is 2. The maximum absolute atomic E-state index is 10.7. The second-order valence-electron chi connectivity index (χ2n) is 7.83. The zero-order valence-electron chi connectivity index (χ0n) is 17.1. The molecule has 2 saturated heterocycles. The summed E-state index contributed by atoms with van der Waals surface area (Å²) in [5, 5.41) is 28.5. The number of aromatic nitrogens is 6. The third-order valence-corrected chi connectivity index (χ3v) is 5.51. The molecule has 0 spiro atoms. The number of fused-ring (bicyclic) bond motifs is 1. The molecule has 3 aromatic rings. The quantitative estimate of drug-likeness (QED) is 0.491. The van der Waals surface area contributed by atoms with Crippen LogP contribution in [-0.4, -0.2) is 85.4 Å². The lowest BCUT2D eigenvalue weighted by molar-refractivity contribution is -0.0451. The van der Waals surface area contributed by atoms with E-state index in [9.17, 15) is 10.2 Å². The monoisotopic (exact) mass is 432 g/mol. The molecule has 3 N–H and O–H groups in total. The van der Waals surface area contributed by atoms with Crippen LogP contribution in [0.5, 0.6) is 0 Å². The van der Waals surface area contributed by atoms with Crippen LogP contribution in [0.2, 0.25) is 0 Å². The third-order valence-electron chi connectivity index (χ3n) is 5.51. The summed E-state index contributed by atoms with van der Waals surface area (Å²) in [7, 11) is 3.53. The molecule has 2 aliphatic heterocycles. The van der Waals surface area contributed by atoms with E-state index in [4.69, 9.17) is 14.0 Å². The third kappa shape index (κ3) is 3.59. The van der Waals surface area contributed by atoms with Gasteiger partial charge in [0.2, 0.25) is 0 Å². The number of ether oxygens (including phenoxy) is 2. The van der Waals surface area contributed by atoms with Crippen molar-refractivity contribution in [2.75, 3.05) is 37.5 Å². The van der Waals surface area contributed by atoms with Crippen molar-refractivity contribution >= 4 is 22.9 Å². The SMILES string of the molecule is CN(C)c1noc([C@H]2O[C@@H](n3cnc4c(NC5CCOCC5)ncnc43)[C@H](O)[C@@H]2O)n1. The number of nitrogens with zero attached hydrogens (tertiary/aromatic N) is 7. The Balaban J connectivity index is 1.41. The fourth-order valence-corrected chi connectivity index (χ4v) is 3.80. The van der Waals surface area contributed by atoms with E-state index in [1.807, 2.05) is 0 Å². The fraction of sp³-hybridized carbons (Fsp3) is 0.611. The Morgan fingerprint density at radius 2 is 1.94 bits per heavy atom. The second-order valence-corrected chi connectivity index (χ2v) is 7.83. The summed E-state index contributed by atoms with van der Waals surface area (Å²) < 4.78 is 18.1. The Kier molecular flexibility index (Phi) is 5.17. The van der Waals surface area contributed by atoms with Crippen molar-refractivity contribution in [2.24, 2.45) is 0 Å². The van der Waals surface area contributed by atoms with Gasteiger partial charge in [-0.25, -0.2) is 15.0 Å². The molecule has 0 unspecified atom stereocenters. The van der Waals surface area contributed by atoms with Gasteiger partial charge in [0.05, 0.1) is 6.33 Å². The number of nitrogens with one attached hydrogen (secondary N) is 1. The Morgan fingerprint density at radius 1 is 1.13 bits per heavy atom. The van der Waals surface area contributed by atoms with Crippen LogP contribution in [0.3, 0.4) is 0 Å². The van der Waals surface area contributed by atoms with E-state index < -0.39 is 24.5 Å². The normalized spacial score (nSPS) is 27.1. The molecule has 4 atom stereocenters. The van der Waals surface area contributed by atoms with Gasteiger partial charge < -0.3 is 34.4 Å². The van der Waals surface area contributed by atoms with E-state index in [0.29, 0.717) is 36.1 Å². The molecular weight excluding hydrogens is 408 g/mol. The average molecular weight is 432 g/mol. The van der Waals surface area contributed by atoms with Gasteiger partial charge in [-0.1, -0.05) is 0 Å². The molecule has 0 saturated carbocycles. The zero-order valence-corrected chi connectivity index (χ0v) is 17.1. The van der Waals surface area contributed by atoms with Crippen LogP contribution in [-0.2, 0) is 9.47 Å². The molecule has 31 heavy (non-hydrogen) atoms. The molecule has 0 amide bonds. The first-order valence-corrected chi connectivity index (χ1v) is 10.1. The van der Waals surface area contributed by atoms with Crippen LogP contribution in [0.25, 0.3) is 11.2 Å². The first-order valence-electron chi connectivity index (χ1n) is 10.1. The van der Waals surface area contributed by atoms with Gasteiger partial charge in [-0.15, -0.1) is 0 Å². The predicted octanol–water partition coefficient (Wildman–Crippen LogP) is -0.142. The van der Waals surface area contributed by atoms with Gasteiger partial charge in [-0.05, 0) is 18.0 Å². The van der Waals surface area contributed by atoms with E-state index >= 15 is 0 Å². The standard InChI is InChI=1S/C18H24N8O5/c1-25(2)18-23-16(31-24-18)13-11(27)12(28)17(30-13)26-8-21-10-14(19-7-20-15(10)26)22-9-3-5-29-6-4-9/h7-9,11-13,17,27-28H,3-6H2,1-2H3,(H,19,20,22)/t11-,12+,13-,17+/m0/s1. The molecular formula is C18H24N8O5. The van der Waals surface area contributed by atoms with Gasteiger partial charge in [-0.3, -0.25) is 4.57 Å². The smallest absolute Gasteiger partial charge is 0.265 e. The summed E-state index contributed by atoms with van der Waals surface area (Å²) in [5.41, 5.74) is 1.02. The summed E-state index contributed by atoms with van der Waals surface area (Å²) in [6.45, 7) is 1.40. The van der Waals surface area contributed by atoms with E-state index in [1.165, 1.54) is 12.7 Å². The van der Waals surface area contributed by atoms with Crippen LogP contribution < -0.4 is 10.2 Å². The lowest BCUT2D eigenvalue weighted by atomic mass is 10.1. The number of hydrogen-bond acceptors (Lipinski definition) is 12. The van der Waals surface area contributed by atoms with E-state index in [1.54, 1.807) is 23.6 Å². The zero-order chi connectivity index (χ0) is 21.5. The fourth-order valence-electron chi connectivity index (χ4n) is 3.80. The molecule has 0 aliphatic carbocycles. The molecule has 166 valence electrons. The maximum atomic E-state index is 10.7. The highest BCUT2D eigenvalue weighted by molar-refractivity contribution is 5.82. The van der Waals surface area contributed by atoms with Gasteiger partial charge >= 0.3 is 0 Å². The summed E-state index contributed by atoms with van der Waals surface area (Å²) in [6.07, 6.45) is 0.257. The molecule has 3 aromatic heterocycles. The molecule has 0 aromatic carbocycles. The Bertz CT molecular complexity index is 1050. The number of hydrogen-bond donors (Lipinski definition) is 3. The van der Waals surface area contributed by atoms with Crippen LogP contribution in [0.4, 0.5) is 11.8 Å². The highest BCUT2D eigenvalue weighted by Crippen LogP contribution is 2.39. The van der Waals surface area contributed by atoms with Crippen molar-refractivity contribution in [3.63, 3.8) is 0 Å². The number of rotatable bonds is 5. The van der Waals surface area contributed by atoms with Crippen molar-refractivity contribution < 1.29 is 24.2 Å². The van der Waals surface area contributed by atoms with E-state index in [2.05, 4.69) is 30.4 Å². The number of anilines is 2. The molecule has 0 bridgehead atoms. The topological polar surface area (TPSA) is 157 Å². The van der Waals surface area contributed by atoms with Crippen molar-refractivity contribution in [1.82, 2.24) is 29.7 Å². The highest BCUT2D eigenvalue weighted by atomic mass is 16.6. The predicted molar refractivity (Wildman–Crippen MR) is 106 cm³/mol. The molecule has 2 fully saturated rings. The van der Waals surface area contributed by atoms with Gasteiger partial charge in [0.1, 0.15) is 18.5 Å². The Morgan fingerprint density at radius 3 is 2.68 bits per heavy atom. The minimum absolute atomic E-state index is 0.0821. The lowest BCUT2D eigenvalue weighted by Crippen LogP contribution is -2.29. The van der Waals surface area contributed by atoms with Crippen LogP contribution >= 0.6 is 0 Å². The first kappa shape index (κ1) is 20.1. The molecule has 5 rings (SSSR count). The van der Waals surface area contributed by atoms with Crippen molar-refractivity contribution in [2.45, 2.75) is 43.4 Å². The minimum atomic E-state index is -1.26. The maximum Gasteiger partial charge on any atom is 0.265 e. The largest absolute Gasteiger partial charge is 0.387 e. The van der Waals surface area contributed by atoms with Gasteiger partial charge in [0, 0.05) is 33.4 Å². The summed E-state index contributed by atoms with van der Waals surface area (Å²) in [4.78, 5) is 18.9. The van der Waals surface area contributed by atoms with Crippen LogP contribution in [0.15, 0.2) is 17.2 Å². The van der Waals surface area contributed by atoms with Crippen molar-refractivity contribution in [3.8, 4) is 0 Å². The van der Waals surface area contributed by atoms with Gasteiger partial charge in [0.25, 0.3) is 11.8 Å². The van der Waals surface area contributed by atoms with Crippen LogP contribution in [0.1, 0.15) is 31.1 Å². The van der Waals surface area contributed by atoms with Crippen LogP contribution in [0, 0.1) is 0 Å². The lowest BCUT2D eigenvalue weighted by Gasteiger charge is -2.23.